The molecule has 31 heavy (non-hydrogen) atoms. The first-order valence-corrected chi connectivity index (χ1v) is 10.1. The predicted molar refractivity (Wildman–Crippen MR) is 113 cm³/mol. The first kappa shape index (κ1) is 24.2. The second-order valence-corrected chi connectivity index (χ2v) is 8.24. The number of benzene rings is 3. The van der Waals surface area contributed by atoms with E-state index in [1.54, 1.807) is 12.1 Å². The minimum Gasteiger partial charge on any atom is -1.00 e. The van der Waals surface area contributed by atoms with Gasteiger partial charge >= 0.3 is 0 Å². The van der Waals surface area contributed by atoms with Crippen LogP contribution in [0.5, 0.6) is 0 Å². The Balaban J connectivity index is 0.000000907. The third-order valence-corrected chi connectivity index (χ3v) is 6.81. The maximum Gasteiger partial charge on any atom is 0.126 e. The molecule has 3 aliphatic rings. The monoisotopic (exact) mass is 614 g/mol. The summed E-state index contributed by atoms with van der Waals surface area (Å²) in [6.45, 7) is 0. The molecule has 0 aromatic heterocycles. The number of hydrogen-bond acceptors (Lipinski definition) is 0. The smallest absolute Gasteiger partial charge is 0.126 e. The van der Waals surface area contributed by atoms with Crippen LogP contribution in [0.1, 0.15) is 41.0 Å². The SMILES string of the molecule is Fc1ccccc1C1CC2=CC=C(c3cccc4c3Cc3ccccc3-4)C2C1.[Cl-].[Cl-].[Hf]. The molecule has 0 N–H and O–H groups in total. The van der Waals surface area contributed by atoms with Gasteiger partial charge in [0.05, 0.1) is 0 Å². The number of hydrogen-bond donors (Lipinski definition) is 0. The van der Waals surface area contributed by atoms with E-state index in [4.69, 9.17) is 0 Å². The summed E-state index contributed by atoms with van der Waals surface area (Å²) >= 11 is 0. The molecule has 3 aromatic carbocycles. The van der Waals surface area contributed by atoms with Gasteiger partial charge < -0.3 is 24.8 Å². The molecule has 0 nitrogen and oxygen atoms in total. The summed E-state index contributed by atoms with van der Waals surface area (Å²) in [5.41, 5.74) is 10.8. The Bertz CT molecular complexity index is 1180. The molecular formula is C27H21Cl2FHf-2. The van der Waals surface area contributed by atoms with Crippen molar-refractivity contribution >= 4 is 5.57 Å². The minimum absolute atomic E-state index is 0. The summed E-state index contributed by atoms with van der Waals surface area (Å²) < 4.78 is 14.3. The van der Waals surface area contributed by atoms with Crippen LogP contribution in [0.3, 0.4) is 0 Å². The zero-order chi connectivity index (χ0) is 18.7. The van der Waals surface area contributed by atoms with Gasteiger partial charge in [-0.2, -0.15) is 0 Å². The normalized spacial score (nSPS) is 19.6. The van der Waals surface area contributed by atoms with Crippen LogP contribution in [0, 0.1) is 11.7 Å². The van der Waals surface area contributed by atoms with Gasteiger partial charge in [-0.15, -0.1) is 0 Å². The van der Waals surface area contributed by atoms with Crippen LogP contribution < -0.4 is 24.8 Å². The van der Waals surface area contributed by atoms with Gasteiger partial charge in [0.2, 0.25) is 0 Å². The zero-order valence-corrected chi connectivity index (χ0v) is 22.0. The molecule has 0 radical (unpaired) electrons. The van der Waals surface area contributed by atoms with E-state index in [2.05, 4.69) is 54.6 Å². The second-order valence-electron chi connectivity index (χ2n) is 8.24. The van der Waals surface area contributed by atoms with Gasteiger partial charge in [-0.3, -0.25) is 0 Å². The Kier molecular flexibility index (Phi) is 7.46. The van der Waals surface area contributed by atoms with Crippen molar-refractivity contribution in [3.63, 3.8) is 0 Å². The van der Waals surface area contributed by atoms with Crippen LogP contribution in [0.2, 0.25) is 0 Å². The maximum atomic E-state index is 14.3. The van der Waals surface area contributed by atoms with Gasteiger partial charge in [-0.25, -0.2) is 4.39 Å². The van der Waals surface area contributed by atoms with E-state index in [0.29, 0.717) is 5.92 Å². The summed E-state index contributed by atoms with van der Waals surface area (Å²) in [5, 5.41) is 0. The molecule has 156 valence electrons. The fourth-order valence-corrected chi connectivity index (χ4v) is 5.52. The minimum atomic E-state index is -0.0605. The molecule has 3 aromatic rings. The second kappa shape index (κ2) is 9.57. The average molecular weight is 614 g/mol. The summed E-state index contributed by atoms with van der Waals surface area (Å²) in [5.74, 6) is 0.657. The molecule has 0 heterocycles. The fraction of sp³-hybridized carbons (Fsp3) is 0.185. The zero-order valence-electron chi connectivity index (χ0n) is 16.9. The van der Waals surface area contributed by atoms with Crippen molar-refractivity contribution in [3.8, 4) is 11.1 Å². The van der Waals surface area contributed by atoms with Crippen molar-refractivity contribution in [2.75, 3.05) is 0 Å². The van der Waals surface area contributed by atoms with Crippen LogP contribution in [-0.4, -0.2) is 0 Å². The van der Waals surface area contributed by atoms with Crippen LogP contribution >= 0.6 is 0 Å². The van der Waals surface area contributed by atoms with Crippen molar-refractivity contribution < 1.29 is 55.0 Å². The fourth-order valence-electron chi connectivity index (χ4n) is 5.52. The van der Waals surface area contributed by atoms with Gasteiger partial charge in [0.1, 0.15) is 5.82 Å². The molecule has 3 aliphatic carbocycles. The topological polar surface area (TPSA) is 0 Å². The van der Waals surface area contributed by atoms with Gasteiger partial charge in [-0.05, 0) is 70.2 Å². The molecule has 0 aliphatic heterocycles. The largest absolute Gasteiger partial charge is 1.00 e. The van der Waals surface area contributed by atoms with Crippen molar-refractivity contribution in [2.24, 2.45) is 5.92 Å². The summed E-state index contributed by atoms with van der Waals surface area (Å²) in [4.78, 5) is 0. The van der Waals surface area contributed by atoms with Crippen LogP contribution in [0.4, 0.5) is 4.39 Å². The maximum absolute atomic E-state index is 14.3. The Morgan fingerprint density at radius 3 is 2.29 bits per heavy atom. The third kappa shape index (κ3) is 3.92. The van der Waals surface area contributed by atoms with E-state index in [9.17, 15) is 4.39 Å². The van der Waals surface area contributed by atoms with Crippen LogP contribution in [0.25, 0.3) is 16.7 Å². The van der Waals surface area contributed by atoms with E-state index in [0.717, 1.165) is 24.8 Å². The summed E-state index contributed by atoms with van der Waals surface area (Å²) in [7, 11) is 0. The average Bonchev–Trinajstić information content (AvgIpc) is 3.40. The van der Waals surface area contributed by atoms with Gasteiger partial charge in [0.15, 0.2) is 0 Å². The molecule has 6 rings (SSSR count). The van der Waals surface area contributed by atoms with E-state index < -0.39 is 0 Å². The van der Waals surface area contributed by atoms with Crippen LogP contribution in [0.15, 0.2) is 84.5 Å². The molecule has 1 saturated carbocycles. The summed E-state index contributed by atoms with van der Waals surface area (Å²) in [6.07, 6.45) is 7.60. The van der Waals surface area contributed by atoms with E-state index in [1.807, 2.05) is 12.1 Å². The molecule has 0 spiro atoms. The van der Waals surface area contributed by atoms with Crippen molar-refractivity contribution in [3.05, 3.63) is 113 Å². The van der Waals surface area contributed by atoms with Gasteiger partial charge in [0.25, 0.3) is 0 Å². The van der Waals surface area contributed by atoms with E-state index in [1.165, 1.54) is 39.0 Å². The van der Waals surface area contributed by atoms with Crippen molar-refractivity contribution in [2.45, 2.75) is 25.2 Å². The quantitative estimate of drug-likeness (QED) is 0.295. The van der Waals surface area contributed by atoms with Gasteiger partial charge in [0, 0.05) is 31.8 Å². The number of halogens is 3. The molecule has 2 unspecified atom stereocenters. The molecule has 0 amide bonds. The number of rotatable bonds is 2. The molecule has 0 bridgehead atoms. The van der Waals surface area contributed by atoms with Crippen LogP contribution in [-0.2, 0) is 32.3 Å². The number of allylic oxidation sites excluding steroid dienone is 4. The first-order valence-electron chi connectivity index (χ1n) is 10.1. The first-order chi connectivity index (χ1) is 13.8. The standard InChI is InChI=1S/C27H21F.2ClH.Hf/c28-27-11-4-3-8-21(27)19-14-18-12-13-24(25(18)16-19)23-10-5-9-22-20-7-2-1-6-17(20)15-26(22)23;;;/h1-13,19,25H,14-16H2;2*1H;/p-2. The number of fused-ring (bicyclic) bond motifs is 4. The predicted octanol–water partition coefficient (Wildman–Crippen LogP) is 0.920. The molecule has 4 heteroatoms. The molecule has 2 atom stereocenters. The van der Waals surface area contributed by atoms with Crippen molar-refractivity contribution in [1.29, 1.82) is 0 Å². The van der Waals surface area contributed by atoms with E-state index in [-0.39, 0.29) is 62.4 Å². The molecular weight excluding hydrogens is 593 g/mol. The Morgan fingerprint density at radius 2 is 1.45 bits per heavy atom. The summed E-state index contributed by atoms with van der Waals surface area (Å²) in [6, 6.07) is 22.8. The Morgan fingerprint density at radius 1 is 0.742 bits per heavy atom. The third-order valence-electron chi connectivity index (χ3n) is 6.81. The Labute approximate surface area is 214 Å². The molecule has 1 fully saturated rings. The van der Waals surface area contributed by atoms with E-state index >= 15 is 0 Å². The van der Waals surface area contributed by atoms with Gasteiger partial charge in [-0.1, -0.05) is 78.4 Å². The molecule has 0 saturated heterocycles. The Hall–Kier alpha value is -1.48. The van der Waals surface area contributed by atoms with Crippen molar-refractivity contribution in [1.82, 2.24) is 0 Å².